The summed E-state index contributed by atoms with van der Waals surface area (Å²) in [5.41, 5.74) is 1.93. The van der Waals surface area contributed by atoms with Crippen LogP contribution in [0.1, 0.15) is 37.8 Å². The summed E-state index contributed by atoms with van der Waals surface area (Å²) in [6.45, 7) is 8.13. The van der Waals surface area contributed by atoms with Gasteiger partial charge in [-0.1, -0.05) is 19.9 Å². The SMILES string of the molecule is CCCNCc1cc(C)c(Br)c(S(=O)(=O)N(C)CCC)c1. The Kier molecular flexibility index (Phi) is 7.33. The van der Waals surface area contributed by atoms with Gasteiger partial charge in [-0.25, -0.2) is 12.7 Å². The average Bonchev–Trinajstić information content (AvgIpc) is 2.42. The van der Waals surface area contributed by atoms with Crippen LogP contribution in [-0.2, 0) is 16.6 Å². The molecule has 0 saturated carbocycles. The highest BCUT2D eigenvalue weighted by molar-refractivity contribution is 9.10. The van der Waals surface area contributed by atoms with Crippen LogP contribution < -0.4 is 5.32 Å². The second kappa shape index (κ2) is 8.27. The molecule has 0 unspecified atom stereocenters. The quantitative estimate of drug-likeness (QED) is 0.708. The van der Waals surface area contributed by atoms with Gasteiger partial charge in [0, 0.05) is 24.6 Å². The number of nitrogens with zero attached hydrogens (tertiary/aromatic N) is 1. The molecule has 0 atom stereocenters. The van der Waals surface area contributed by atoms with Crippen molar-refractivity contribution in [3.8, 4) is 0 Å². The molecule has 0 fully saturated rings. The van der Waals surface area contributed by atoms with E-state index in [0.717, 1.165) is 30.5 Å². The van der Waals surface area contributed by atoms with Crippen molar-refractivity contribution in [3.63, 3.8) is 0 Å². The summed E-state index contributed by atoms with van der Waals surface area (Å²) in [5, 5.41) is 3.31. The topological polar surface area (TPSA) is 49.4 Å². The Morgan fingerprint density at radius 2 is 1.90 bits per heavy atom. The number of sulfonamides is 1. The largest absolute Gasteiger partial charge is 0.313 e. The van der Waals surface area contributed by atoms with Crippen molar-refractivity contribution < 1.29 is 8.42 Å². The zero-order valence-electron chi connectivity index (χ0n) is 13.2. The molecule has 0 aliphatic heterocycles. The minimum absolute atomic E-state index is 0.353. The molecule has 120 valence electrons. The molecule has 1 N–H and O–H groups in total. The summed E-state index contributed by atoms with van der Waals surface area (Å²) in [7, 11) is -1.82. The molecule has 0 radical (unpaired) electrons. The van der Waals surface area contributed by atoms with Gasteiger partial charge in [-0.05, 0) is 59.4 Å². The fourth-order valence-electron chi connectivity index (χ4n) is 2.11. The molecule has 21 heavy (non-hydrogen) atoms. The summed E-state index contributed by atoms with van der Waals surface area (Å²) in [5.74, 6) is 0. The first-order valence-electron chi connectivity index (χ1n) is 7.30. The Morgan fingerprint density at radius 3 is 2.48 bits per heavy atom. The van der Waals surface area contributed by atoms with Gasteiger partial charge in [0.25, 0.3) is 0 Å². The number of aryl methyl sites for hydroxylation is 1. The van der Waals surface area contributed by atoms with Crippen molar-refractivity contribution in [1.29, 1.82) is 0 Å². The second-order valence-corrected chi connectivity index (χ2v) is 8.03. The van der Waals surface area contributed by atoms with Gasteiger partial charge >= 0.3 is 0 Å². The van der Waals surface area contributed by atoms with Crippen LogP contribution in [0.15, 0.2) is 21.5 Å². The number of rotatable bonds is 8. The van der Waals surface area contributed by atoms with E-state index in [1.54, 1.807) is 13.1 Å². The van der Waals surface area contributed by atoms with E-state index in [9.17, 15) is 8.42 Å². The summed E-state index contributed by atoms with van der Waals surface area (Å²) < 4.78 is 27.4. The van der Waals surface area contributed by atoms with Gasteiger partial charge in [-0.2, -0.15) is 0 Å². The normalized spacial score (nSPS) is 12.1. The van der Waals surface area contributed by atoms with Crippen LogP contribution in [-0.4, -0.2) is 32.9 Å². The third kappa shape index (κ3) is 4.77. The predicted molar refractivity (Wildman–Crippen MR) is 91.0 cm³/mol. The highest BCUT2D eigenvalue weighted by Crippen LogP contribution is 2.29. The molecule has 0 amide bonds. The average molecular weight is 377 g/mol. The first-order chi connectivity index (χ1) is 9.84. The minimum atomic E-state index is -3.45. The molecule has 0 bridgehead atoms. The maximum atomic E-state index is 12.7. The first kappa shape index (κ1) is 18.6. The molecule has 1 aromatic carbocycles. The molecule has 4 nitrogen and oxygen atoms in total. The van der Waals surface area contributed by atoms with Gasteiger partial charge in [0.1, 0.15) is 0 Å². The lowest BCUT2D eigenvalue weighted by molar-refractivity contribution is 0.468. The number of hydrogen-bond donors (Lipinski definition) is 1. The standard InChI is InChI=1S/C15H25BrN2O2S/c1-5-7-17-11-13-9-12(3)15(16)14(10-13)21(19,20)18(4)8-6-2/h9-10,17H,5-8,11H2,1-4H3. The molecule has 1 aromatic rings. The third-order valence-corrected chi connectivity index (χ3v) is 6.46. The lowest BCUT2D eigenvalue weighted by Gasteiger charge is -2.19. The van der Waals surface area contributed by atoms with Crippen LogP contribution in [0.5, 0.6) is 0 Å². The second-order valence-electron chi connectivity index (χ2n) is 5.23. The van der Waals surface area contributed by atoms with E-state index in [1.165, 1.54) is 4.31 Å². The van der Waals surface area contributed by atoms with Crippen LogP contribution in [0.3, 0.4) is 0 Å². The summed E-state index contributed by atoms with van der Waals surface area (Å²) in [6, 6.07) is 3.78. The first-order valence-corrected chi connectivity index (χ1v) is 9.54. The van der Waals surface area contributed by atoms with Crippen LogP contribution in [0.4, 0.5) is 0 Å². The number of hydrogen-bond acceptors (Lipinski definition) is 3. The molecule has 0 spiro atoms. The van der Waals surface area contributed by atoms with E-state index in [2.05, 4.69) is 28.2 Å². The van der Waals surface area contributed by atoms with Crippen molar-refractivity contribution in [2.45, 2.75) is 45.1 Å². The van der Waals surface area contributed by atoms with Gasteiger partial charge in [-0.15, -0.1) is 0 Å². The molecular formula is C15H25BrN2O2S. The van der Waals surface area contributed by atoms with Gasteiger partial charge in [0.15, 0.2) is 0 Å². The smallest absolute Gasteiger partial charge is 0.243 e. The molecule has 0 aliphatic rings. The van der Waals surface area contributed by atoms with E-state index in [-0.39, 0.29) is 0 Å². The summed E-state index contributed by atoms with van der Waals surface area (Å²) in [4.78, 5) is 0.353. The van der Waals surface area contributed by atoms with Crippen LogP contribution in [0.2, 0.25) is 0 Å². The van der Waals surface area contributed by atoms with Crippen molar-refractivity contribution in [2.24, 2.45) is 0 Å². The Labute approximate surface area is 137 Å². The molecule has 0 aromatic heterocycles. The van der Waals surface area contributed by atoms with E-state index in [0.29, 0.717) is 22.5 Å². The molecule has 0 saturated heterocycles. The molecular weight excluding hydrogens is 352 g/mol. The van der Waals surface area contributed by atoms with Gasteiger partial charge in [0.2, 0.25) is 10.0 Å². The molecule has 0 aliphatic carbocycles. The van der Waals surface area contributed by atoms with E-state index in [1.807, 2.05) is 19.9 Å². The van der Waals surface area contributed by atoms with Crippen molar-refractivity contribution >= 4 is 26.0 Å². The molecule has 0 heterocycles. The maximum Gasteiger partial charge on any atom is 0.243 e. The Balaban J connectivity index is 3.16. The van der Waals surface area contributed by atoms with E-state index >= 15 is 0 Å². The van der Waals surface area contributed by atoms with Crippen molar-refractivity contribution in [2.75, 3.05) is 20.1 Å². The fourth-order valence-corrected chi connectivity index (χ4v) is 4.40. The van der Waals surface area contributed by atoms with E-state index in [4.69, 9.17) is 0 Å². The lowest BCUT2D eigenvalue weighted by atomic mass is 10.1. The van der Waals surface area contributed by atoms with Crippen molar-refractivity contribution in [1.82, 2.24) is 9.62 Å². The molecule has 1 rings (SSSR count). The van der Waals surface area contributed by atoms with Crippen molar-refractivity contribution in [3.05, 3.63) is 27.7 Å². The minimum Gasteiger partial charge on any atom is -0.313 e. The predicted octanol–water partition coefficient (Wildman–Crippen LogP) is 3.29. The van der Waals surface area contributed by atoms with E-state index < -0.39 is 10.0 Å². The molecule has 6 heteroatoms. The third-order valence-electron chi connectivity index (χ3n) is 3.26. The lowest BCUT2D eigenvalue weighted by Crippen LogP contribution is -2.28. The van der Waals surface area contributed by atoms with Gasteiger partial charge in [0.05, 0.1) is 4.90 Å². The highest BCUT2D eigenvalue weighted by Gasteiger charge is 2.24. The number of benzene rings is 1. The Hall–Kier alpha value is -0.430. The summed E-state index contributed by atoms with van der Waals surface area (Å²) in [6.07, 6.45) is 1.85. The van der Waals surface area contributed by atoms with Crippen LogP contribution >= 0.6 is 15.9 Å². The zero-order valence-corrected chi connectivity index (χ0v) is 15.6. The maximum absolute atomic E-state index is 12.7. The van der Waals surface area contributed by atoms with Gasteiger partial charge in [-0.3, -0.25) is 0 Å². The Morgan fingerprint density at radius 1 is 1.24 bits per heavy atom. The monoisotopic (exact) mass is 376 g/mol. The summed E-state index contributed by atoms with van der Waals surface area (Å²) >= 11 is 3.43. The zero-order chi connectivity index (χ0) is 16.0. The Bertz CT molecular complexity index is 573. The number of halogens is 1. The fraction of sp³-hybridized carbons (Fsp3) is 0.600. The van der Waals surface area contributed by atoms with Crippen LogP contribution in [0, 0.1) is 6.92 Å². The van der Waals surface area contributed by atoms with Crippen LogP contribution in [0.25, 0.3) is 0 Å². The highest BCUT2D eigenvalue weighted by atomic mass is 79.9. The number of nitrogens with one attached hydrogen (secondary N) is 1. The van der Waals surface area contributed by atoms with Gasteiger partial charge < -0.3 is 5.32 Å².